The van der Waals surface area contributed by atoms with Crippen LogP contribution in [0.5, 0.6) is 11.5 Å². The van der Waals surface area contributed by atoms with Gasteiger partial charge in [0, 0.05) is 30.2 Å². The highest BCUT2D eigenvalue weighted by molar-refractivity contribution is 6.18. The molecule has 0 aromatic carbocycles. The van der Waals surface area contributed by atoms with Crippen molar-refractivity contribution in [2.24, 2.45) is 0 Å². The molecule has 0 unspecified atom stereocenters. The Bertz CT molecular complexity index is 387. The summed E-state index contributed by atoms with van der Waals surface area (Å²) in [5.74, 6) is 1.94. The van der Waals surface area contributed by atoms with E-state index in [2.05, 4.69) is 24.1 Å². The van der Waals surface area contributed by atoms with Crippen molar-refractivity contribution in [2.45, 2.75) is 38.8 Å². The van der Waals surface area contributed by atoms with Gasteiger partial charge in [0.15, 0.2) is 11.5 Å². The third-order valence-corrected chi connectivity index (χ3v) is 4.12. The van der Waals surface area contributed by atoms with Crippen molar-refractivity contribution in [3.05, 3.63) is 18.0 Å². The molecule has 1 aromatic heterocycles. The molecule has 0 amide bonds. The Labute approximate surface area is 120 Å². The lowest BCUT2D eigenvalue weighted by Crippen LogP contribution is -2.45. The maximum absolute atomic E-state index is 6.08. The highest BCUT2D eigenvalue weighted by atomic mass is 35.5. The first-order valence-electron chi connectivity index (χ1n) is 6.53. The second-order valence-corrected chi connectivity index (χ2v) is 4.74. The molecule has 0 aliphatic heterocycles. The van der Waals surface area contributed by atoms with Gasteiger partial charge in [0.1, 0.15) is 0 Å². The van der Waals surface area contributed by atoms with E-state index in [1.807, 2.05) is 0 Å². The van der Waals surface area contributed by atoms with E-state index in [1.165, 1.54) is 0 Å². The van der Waals surface area contributed by atoms with Gasteiger partial charge in [0.25, 0.3) is 0 Å². The molecular weight excluding hydrogens is 264 g/mol. The molecule has 0 saturated heterocycles. The molecular formula is C14H23ClN2O2. The number of rotatable bonds is 8. The predicted octanol–water partition coefficient (Wildman–Crippen LogP) is 2.99. The number of nitrogens with one attached hydrogen (secondary N) is 1. The van der Waals surface area contributed by atoms with Crippen LogP contribution in [0.2, 0.25) is 0 Å². The Morgan fingerprint density at radius 1 is 1.26 bits per heavy atom. The summed E-state index contributed by atoms with van der Waals surface area (Å²) in [6.45, 7) is 4.87. The maximum atomic E-state index is 6.08. The Kier molecular flexibility index (Phi) is 6.38. The fourth-order valence-corrected chi connectivity index (χ4v) is 2.46. The van der Waals surface area contributed by atoms with Crippen molar-refractivity contribution in [1.82, 2.24) is 10.3 Å². The first kappa shape index (κ1) is 16.1. The van der Waals surface area contributed by atoms with Gasteiger partial charge in [-0.25, -0.2) is 0 Å². The lowest BCUT2D eigenvalue weighted by atomic mass is 9.95. The molecule has 4 nitrogen and oxygen atoms in total. The van der Waals surface area contributed by atoms with Crippen LogP contribution < -0.4 is 14.8 Å². The van der Waals surface area contributed by atoms with Gasteiger partial charge in [-0.2, -0.15) is 0 Å². The highest BCUT2D eigenvalue weighted by Crippen LogP contribution is 2.29. The van der Waals surface area contributed by atoms with Gasteiger partial charge in [0.2, 0.25) is 0 Å². The van der Waals surface area contributed by atoms with E-state index in [-0.39, 0.29) is 5.54 Å². The summed E-state index contributed by atoms with van der Waals surface area (Å²) in [5, 5.41) is 3.49. The van der Waals surface area contributed by atoms with E-state index < -0.39 is 0 Å². The topological polar surface area (TPSA) is 43.4 Å². The third-order valence-electron chi connectivity index (χ3n) is 3.61. The number of ether oxygens (including phenoxy) is 2. The molecule has 0 fully saturated rings. The van der Waals surface area contributed by atoms with E-state index in [1.54, 1.807) is 26.5 Å². The Morgan fingerprint density at radius 3 is 2.42 bits per heavy atom. The summed E-state index contributed by atoms with van der Waals surface area (Å²) in [4.78, 5) is 4.35. The predicted molar refractivity (Wildman–Crippen MR) is 78.2 cm³/mol. The van der Waals surface area contributed by atoms with E-state index >= 15 is 0 Å². The minimum atomic E-state index is -0.0582. The van der Waals surface area contributed by atoms with Gasteiger partial charge in [0.05, 0.1) is 19.9 Å². The van der Waals surface area contributed by atoms with Crippen LogP contribution in [-0.2, 0) is 6.54 Å². The number of hydrogen-bond acceptors (Lipinski definition) is 4. The Hall–Kier alpha value is -1.00. The number of pyridine rings is 1. The van der Waals surface area contributed by atoms with Gasteiger partial charge in [-0.05, 0) is 12.8 Å². The zero-order chi connectivity index (χ0) is 14.3. The molecule has 0 radical (unpaired) electrons. The third kappa shape index (κ3) is 3.74. The van der Waals surface area contributed by atoms with E-state index in [0.29, 0.717) is 23.9 Å². The van der Waals surface area contributed by atoms with Gasteiger partial charge in [-0.1, -0.05) is 13.8 Å². The highest BCUT2D eigenvalue weighted by Gasteiger charge is 2.25. The van der Waals surface area contributed by atoms with E-state index in [0.717, 1.165) is 18.5 Å². The van der Waals surface area contributed by atoms with Gasteiger partial charge in [-0.3, -0.25) is 4.98 Å². The van der Waals surface area contributed by atoms with Crippen LogP contribution in [-0.4, -0.2) is 30.6 Å². The molecule has 5 heteroatoms. The summed E-state index contributed by atoms with van der Waals surface area (Å²) in [7, 11) is 3.24. The van der Waals surface area contributed by atoms with Crippen molar-refractivity contribution in [1.29, 1.82) is 0 Å². The normalized spacial score (nSPS) is 11.4. The molecule has 108 valence electrons. The Morgan fingerprint density at radius 2 is 1.95 bits per heavy atom. The first-order chi connectivity index (χ1) is 9.16. The van der Waals surface area contributed by atoms with Crippen LogP contribution >= 0.6 is 11.6 Å². The minimum Gasteiger partial charge on any atom is -0.493 e. The quantitative estimate of drug-likeness (QED) is 0.746. The monoisotopic (exact) mass is 286 g/mol. The summed E-state index contributed by atoms with van der Waals surface area (Å²) < 4.78 is 10.6. The molecule has 0 aliphatic carbocycles. The average Bonchev–Trinajstić information content (AvgIpc) is 2.48. The van der Waals surface area contributed by atoms with E-state index in [9.17, 15) is 0 Å². The molecule has 0 atom stereocenters. The van der Waals surface area contributed by atoms with E-state index in [4.69, 9.17) is 21.1 Å². The fraction of sp³-hybridized carbons (Fsp3) is 0.643. The van der Waals surface area contributed by atoms with Crippen LogP contribution in [0.4, 0.5) is 0 Å². The number of hydrogen-bond donors (Lipinski definition) is 1. The average molecular weight is 287 g/mol. The summed E-state index contributed by atoms with van der Waals surface area (Å²) in [6, 6.07) is 1.79. The number of halogens is 1. The second kappa shape index (κ2) is 7.56. The molecule has 0 bridgehead atoms. The number of nitrogens with zero attached hydrogens (tertiary/aromatic N) is 1. The van der Waals surface area contributed by atoms with Crippen LogP contribution in [0.1, 0.15) is 32.4 Å². The molecule has 0 saturated carbocycles. The maximum Gasteiger partial charge on any atom is 0.183 e. The van der Waals surface area contributed by atoms with Crippen molar-refractivity contribution < 1.29 is 9.47 Å². The largest absolute Gasteiger partial charge is 0.493 e. The summed E-state index contributed by atoms with van der Waals surface area (Å²) in [5.41, 5.74) is 0.773. The molecule has 1 aromatic rings. The summed E-state index contributed by atoms with van der Waals surface area (Å²) in [6.07, 6.45) is 3.66. The van der Waals surface area contributed by atoms with Crippen LogP contribution in [0, 0.1) is 0 Å². The van der Waals surface area contributed by atoms with Gasteiger partial charge >= 0.3 is 0 Å². The Balaban J connectivity index is 2.88. The number of aromatic nitrogens is 1. The summed E-state index contributed by atoms with van der Waals surface area (Å²) >= 11 is 6.08. The molecule has 1 N–H and O–H groups in total. The molecule has 1 rings (SSSR count). The number of alkyl halides is 1. The molecule has 1 heterocycles. The van der Waals surface area contributed by atoms with Crippen molar-refractivity contribution in [2.75, 3.05) is 20.1 Å². The first-order valence-corrected chi connectivity index (χ1v) is 7.06. The fourth-order valence-electron chi connectivity index (χ4n) is 1.98. The van der Waals surface area contributed by atoms with Crippen LogP contribution in [0.15, 0.2) is 12.3 Å². The lowest BCUT2D eigenvalue weighted by Gasteiger charge is -2.31. The van der Waals surface area contributed by atoms with Crippen molar-refractivity contribution in [3.63, 3.8) is 0 Å². The van der Waals surface area contributed by atoms with Crippen molar-refractivity contribution >= 4 is 11.6 Å². The minimum absolute atomic E-state index is 0.0582. The standard InChI is InChI=1S/C14H23ClN2O2/c1-5-14(6-2,10-15)17-9-11-13(19-4)12(18-3)7-8-16-11/h7-8,17H,5-6,9-10H2,1-4H3. The zero-order valence-electron chi connectivity index (χ0n) is 12.1. The second-order valence-electron chi connectivity index (χ2n) is 4.47. The van der Waals surface area contributed by atoms with Gasteiger partial charge < -0.3 is 14.8 Å². The smallest absolute Gasteiger partial charge is 0.183 e. The zero-order valence-corrected chi connectivity index (χ0v) is 12.9. The SMILES string of the molecule is CCC(CC)(CCl)NCc1nccc(OC)c1OC. The van der Waals surface area contributed by atoms with Crippen LogP contribution in [0.3, 0.4) is 0 Å². The number of methoxy groups -OCH3 is 2. The van der Waals surface area contributed by atoms with Gasteiger partial charge in [-0.15, -0.1) is 11.6 Å². The molecule has 19 heavy (non-hydrogen) atoms. The molecule has 0 aliphatic rings. The van der Waals surface area contributed by atoms with Crippen LogP contribution in [0.25, 0.3) is 0 Å². The van der Waals surface area contributed by atoms with Crippen molar-refractivity contribution in [3.8, 4) is 11.5 Å². The molecule has 0 spiro atoms. The lowest BCUT2D eigenvalue weighted by molar-refractivity contribution is 0.320.